The van der Waals surface area contributed by atoms with Crippen LogP contribution in [0.1, 0.15) is 37.8 Å². The Labute approximate surface area is 518 Å². The maximum absolute atomic E-state index is 14.0. The first-order chi connectivity index (χ1) is 43.7. The number of fused-ring (bicyclic) bond motifs is 3. The standard InChI is InChI=1S/C20H17ClF3N7O.2C17H14F5N7O.4H2/c21-12-8-13-14(10-28-16(13)27-9-12)17-26-6-2-15(30-17)31(7-5-25)19(3-1-4-19)18(32)29-11-20(22,23)24;2*18-8-1-10-11(4-24-13(10)23-3-8)14-26-7-27-16(28-14)29-5-9(19)2-12(29)15(30)25-6-17(20,21)22;;;;/h2,6,8-10H,1,3-4,7,11H2,(H,27,28)(H,29,32);2*1,3-4,7,9,12H,2,5-6H2,(H,23,24)(H,25,30);4*1H/t;9-,12+;9-,12-;;;;/m.00..../s1. The molecule has 0 spiro atoms. The summed E-state index contributed by atoms with van der Waals surface area (Å²) in [5.41, 5.74) is 1.49. The zero-order valence-electron chi connectivity index (χ0n) is 46.8. The average Bonchev–Trinajstić information content (AvgIpc) is 0.986. The number of anilines is 3. The van der Waals surface area contributed by atoms with Gasteiger partial charge in [0.05, 0.1) is 36.6 Å². The maximum Gasteiger partial charge on any atom is 0.405 e. The second-order valence-electron chi connectivity index (χ2n) is 20.8. The van der Waals surface area contributed by atoms with Gasteiger partial charge in [0, 0.05) is 82.4 Å². The summed E-state index contributed by atoms with van der Waals surface area (Å²) in [4.78, 5) is 94.9. The van der Waals surface area contributed by atoms with Crippen molar-refractivity contribution in [2.24, 2.45) is 0 Å². The fourth-order valence-corrected chi connectivity index (χ4v) is 10.5. The van der Waals surface area contributed by atoms with E-state index in [0.717, 1.165) is 25.0 Å². The summed E-state index contributed by atoms with van der Waals surface area (Å²) in [6.45, 7) is -5.24. The smallest absolute Gasteiger partial charge is 0.345 e. The van der Waals surface area contributed by atoms with E-state index in [1.54, 1.807) is 22.9 Å². The molecule has 0 radical (unpaired) electrons. The van der Waals surface area contributed by atoms with E-state index in [-0.39, 0.29) is 67.5 Å². The molecule has 1 aliphatic carbocycles. The number of nitrogens with one attached hydrogen (secondary N) is 6. The van der Waals surface area contributed by atoms with Gasteiger partial charge in [-0.15, -0.1) is 0 Å². The second-order valence-corrected chi connectivity index (χ2v) is 21.2. The van der Waals surface area contributed by atoms with Gasteiger partial charge in [-0.05, 0) is 43.5 Å². The van der Waals surface area contributed by atoms with Crippen LogP contribution in [0.2, 0.25) is 5.02 Å². The molecule has 38 heteroatoms. The van der Waals surface area contributed by atoms with Crippen LogP contribution in [0.25, 0.3) is 67.3 Å². The Morgan fingerprint density at radius 1 is 0.630 bits per heavy atom. The minimum atomic E-state index is -4.59. The van der Waals surface area contributed by atoms with Crippen LogP contribution in [0.4, 0.5) is 74.8 Å². The first-order valence-corrected chi connectivity index (χ1v) is 27.6. The van der Waals surface area contributed by atoms with Crippen LogP contribution in [-0.4, -0.2) is 175 Å². The van der Waals surface area contributed by atoms with Gasteiger partial charge in [0.2, 0.25) is 29.6 Å². The molecular formula is C54H53ClF13N21O3. The first-order valence-electron chi connectivity index (χ1n) is 27.3. The molecule has 24 nitrogen and oxygen atoms in total. The summed E-state index contributed by atoms with van der Waals surface area (Å²) < 4.78 is 167. The van der Waals surface area contributed by atoms with Gasteiger partial charge in [0.1, 0.15) is 103 Å². The molecule has 490 valence electrons. The van der Waals surface area contributed by atoms with Crippen molar-refractivity contribution in [3.63, 3.8) is 0 Å². The van der Waals surface area contributed by atoms with Crippen LogP contribution in [-0.2, 0) is 14.4 Å². The van der Waals surface area contributed by atoms with Crippen molar-refractivity contribution in [3.05, 3.63) is 97.0 Å². The van der Waals surface area contributed by atoms with E-state index < -0.39 is 97.5 Å². The van der Waals surface area contributed by atoms with Crippen LogP contribution in [0, 0.1) is 23.0 Å². The Morgan fingerprint density at radius 2 is 1.07 bits per heavy atom. The van der Waals surface area contributed by atoms with Crippen molar-refractivity contribution in [2.75, 3.05) is 54.0 Å². The SMILES string of the molecule is N#CCN(c1ccnc(-c2c[nH]c3ncc(Cl)cc23)n1)C1(C(=O)NCC(F)(F)F)CCC1.O=C(NCC(F)(F)F)[C@@H]1C[C@H](F)CN1c1ncnc(-c2c[nH]c3ncc(F)cc23)n1.O=C(NCC(F)(F)F)[C@H]1C[C@H](F)CN1c1ncnc(-c2c[nH]c3ncc(F)cc23)n1.[HH].[HH].[HH].[HH]. The Bertz CT molecular complexity index is 4070. The van der Waals surface area contributed by atoms with Crippen LogP contribution >= 0.6 is 11.6 Å². The number of aromatic nitrogens is 14. The molecule has 1 saturated carbocycles. The number of halogens is 14. The number of alkyl halides is 11. The number of aromatic amines is 3. The molecule has 3 amide bonds. The zero-order valence-corrected chi connectivity index (χ0v) is 47.6. The lowest BCUT2D eigenvalue weighted by Crippen LogP contribution is -2.64. The third kappa shape index (κ3) is 14.8. The van der Waals surface area contributed by atoms with E-state index in [2.05, 4.69) is 69.8 Å². The fraction of sp³-hybridized carbons (Fsp3) is 0.352. The summed E-state index contributed by atoms with van der Waals surface area (Å²) in [5.74, 6) is -3.26. The molecular weight excluding hydrogens is 1270 g/mol. The largest absolute Gasteiger partial charge is 0.405 e. The number of rotatable bonds is 14. The van der Waals surface area contributed by atoms with Crippen molar-refractivity contribution in [1.29, 1.82) is 5.26 Å². The molecule has 2 aliphatic heterocycles. The fourth-order valence-electron chi connectivity index (χ4n) is 10.3. The quantitative estimate of drug-likeness (QED) is 0.0437. The Hall–Kier alpha value is -10.2. The minimum absolute atomic E-state index is 0. The van der Waals surface area contributed by atoms with Gasteiger partial charge in [0.25, 0.3) is 0 Å². The van der Waals surface area contributed by atoms with Crippen molar-refractivity contribution in [2.45, 2.75) is 80.6 Å². The predicted molar refractivity (Wildman–Crippen MR) is 308 cm³/mol. The molecule has 0 bridgehead atoms. The topological polar surface area (TPSA) is 310 Å². The van der Waals surface area contributed by atoms with Crippen LogP contribution in [0.3, 0.4) is 0 Å². The average molecular weight is 1330 g/mol. The number of nitriles is 1. The normalized spacial score (nSPS) is 17.9. The van der Waals surface area contributed by atoms with Crippen molar-refractivity contribution in [3.8, 4) is 40.2 Å². The van der Waals surface area contributed by atoms with Crippen molar-refractivity contribution in [1.82, 2.24) is 85.7 Å². The molecule has 4 atom stereocenters. The summed E-state index contributed by atoms with van der Waals surface area (Å²) in [6, 6.07) is 5.27. The maximum atomic E-state index is 14.0. The van der Waals surface area contributed by atoms with Gasteiger partial charge in [-0.1, -0.05) is 11.6 Å². The van der Waals surface area contributed by atoms with Gasteiger partial charge in [0.15, 0.2) is 17.5 Å². The van der Waals surface area contributed by atoms with E-state index >= 15 is 0 Å². The molecule has 9 aromatic heterocycles. The van der Waals surface area contributed by atoms with Crippen molar-refractivity contribution < 1.29 is 77.2 Å². The van der Waals surface area contributed by atoms with Gasteiger partial charge >= 0.3 is 18.5 Å². The number of amides is 3. The van der Waals surface area contributed by atoms with E-state index in [1.807, 2.05) is 11.4 Å². The Kier molecular flexibility index (Phi) is 18.6. The zero-order chi connectivity index (χ0) is 65.9. The van der Waals surface area contributed by atoms with Crippen molar-refractivity contribution >= 4 is 80.1 Å². The second kappa shape index (κ2) is 26.4. The number of carbonyl (C=O) groups is 3. The van der Waals surface area contributed by atoms with Gasteiger partial charge in [-0.25, -0.2) is 62.4 Å². The molecule has 6 N–H and O–H groups in total. The Morgan fingerprint density at radius 3 is 1.50 bits per heavy atom. The lowest BCUT2D eigenvalue weighted by atomic mass is 9.74. The molecule has 3 aliphatic rings. The highest BCUT2D eigenvalue weighted by atomic mass is 35.5. The van der Waals surface area contributed by atoms with Gasteiger partial charge in [-0.3, -0.25) is 14.4 Å². The third-order valence-electron chi connectivity index (χ3n) is 14.6. The molecule has 0 unspecified atom stereocenters. The number of hydrogen-bond acceptors (Lipinski definition) is 18. The number of carbonyl (C=O) groups excluding carboxylic acids is 3. The minimum Gasteiger partial charge on any atom is -0.345 e. The van der Waals surface area contributed by atoms with Crippen LogP contribution in [0.5, 0.6) is 0 Å². The van der Waals surface area contributed by atoms with E-state index in [4.69, 9.17) is 11.6 Å². The predicted octanol–water partition coefficient (Wildman–Crippen LogP) is 8.89. The molecule has 3 fully saturated rings. The molecule has 92 heavy (non-hydrogen) atoms. The van der Waals surface area contributed by atoms with Crippen LogP contribution in [0.15, 0.2) is 80.3 Å². The van der Waals surface area contributed by atoms with E-state index in [0.29, 0.717) is 79.9 Å². The highest BCUT2D eigenvalue weighted by Crippen LogP contribution is 2.41. The number of nitrogens with zero attached hydrogens (tertiary/aromatic N) is 15. The van der Waals surface area contributed by atoms with E-state index in [1.165, 1.54) is 57.7 Å². The molecule has 11 heterocycles. The monoisotopic (exact) mass is 1330 g/mol. The van der Waals surface area contributed by atoms with Gasteiger partial charge in [-0.2, -0.15) is 54.7 Å². The molecule has 12 rings (SSSR count). The summed E-state index contributed by atoms with van der Waals surface area (Å²) in [7, 11) is 0. The van der Waals surface area contributed by atoms with Gasteiger partial charge < -0.3 is 45.6 Å². The first kappa shape index (κ1) is 64.8. The Balaban J connectivity index is 0.000000223. The highest BCUT2D eigenvalue weighted by molar-refractivity contribution is 6.31. The van der Waals surface area contributed by atoms with E-state index in [9.17, 15) is 76.7 Å². The van der Waals surface area contributed by atoms with Crippen LogP contribution < -0.4 is 30.7 Å². The summed E-state index contributed by atoms with van der Waals surface area (Å²) >= 11 is 6.05. The molecule has 2 saturated heterocycles. The summed E-state index contributed by atoms with van der Waals surface area (Å²) in [5, 5.41) is 16.8. The number of hydrogen-bond donors (Lipinski definition) is 6. The molecule has 9 aromatic rings. The third-order valence-corrected chi connectivity index (χ3v) is 14.8. The lowest BCUT2D eigenvalue weighted by molar-refractivity contribution is -0.143. The lowest BCUT2D eigenvalue weighted by Gasteiger charge is -2.48. The summed E-state index contributed by atoms with van der Waals surface area (Å²) in [6.07, 6.45) is -3.97. The molecule has 0 aromatic carbocycles. The highest BCUT2D eigenvalue weighted by Gasteiger charge is 2.51. The number of pyridine rings is 3. The number of H-pyrrole nitrogens is 3.